The molecule has 0 aromatic heterocycles. The maximum atomic E-state index is 11.8. The standard InChI is InChI=1S/C13H29N3O2/c1-12(13(17)15-9-7-11-18-3)16(2)10-6-4-5-8-14/h12H,4-11,14H2,1-3H3,(H,15,17). The lowest BCUT2D eigenvalue weighted by Crippen LogP contribution is -2.44. The molecule has 0 aliphatic carbocycles. The van der Waals surface area contributed by atoms with Gasteiger partial charge in [0.1, 0.15) is 0 Å². The summed E-state index contributed by atoms with van der Waals surface area (Å²) in [5, 5.41) is 2.92. The highest BCUT2D eigenvalue weighted by atomic mass is 16.5. The Morgan fingerprint density at radius 3 is 2.67 bits per heavy atom. The van der Waals surface area contributed by atoms with Crippen molar-refractivity contribution in [1.29, 1.82) is 0 Å². The van der Waals surface area contributed by atoms with E-state index in [1.165, 1.54) is 0 Å². The van der Waals surface area contributed by atoms with E-state index in [2.05, 4.69) is 10.2 Å². The van der Waals surface area contributed by atoms with E-state index in [0.29, 0.717) is 13.2 Å². The Hall–Kier alpha value is -0.650. The van der Waals surface area contributed by atoms with Crippen LogP contribution in [0.3, 0.4) is 0 Å². The van der Waals surface area contributed by atoms with Crippen LogP contribution in [0.4, 0.5) is 0 Å². The number of rotatable bonds is 11. The van der Waals surface area contributed by atoms with Crippen molar-refractivity contribution in [2.75, 3.05) is 40.4 Å². The van der Waals surface area contributed by atoms with Gasteiger partial charge in [-0.3, -0.25) is 9.69 Å². The van der Waals surface area contributed by atoms with Crippen LogP contribution >= 0.6 is 0 Å². The first-order chi connectivity index (χ1) is 8.63. The van der Waals surface area contributed by atoms with Gasteiger partial charge in [0, 0.05) is 20.3 Å². The summed E-state index contributed by atoms with van der Waals surface area (Å²) in [5.74, 6) is 0.0902. The minimum absolute atomic E-state index is 0.0783. The van der Waals surface area contributed by atoms with Crippen molar-refractivity contribution < 1.29 is 9.53 Å². The molecular formula is C13H29N3O2. The molecule has 0 aromatic rings. The molecule has 0 heterocycles. The number of likely N-dealkylation sites (N-methyl/N-ethyl adjacent to an activating group) is 1. The van der Waals surface area contributed by atoms with Crippen LogP contribution in [0.15, 0.2) is 0 Å². The third kappa shape index (κ3) is 8.44. The molecule has 0 bridgehead atoms. The zero-order valence-corrected chi connectivity index (χ0v) is 12.1. The van der Waals surface area contributed by atoms with Gasteiger partial charge in [-0.15, -0.1) is 0 Å². The summed E-state index contributed by atoms with van der Waals surface area (Å²) in [7, 11) is 3.65. The number of nitrogens with one attached hydrogen (secondary N) is 1. The normalized spacial score (nSPS) is 12.7. The van der Waals surface area contributed by atoms with Crippen LogP contribution in [0.5, 0.6) is 0 Å². The molecule has 0 rings (SSSR count). The van der Waals surface area contributed by atoms with Crippen LogP contribution in [0.25, 0.3) is 0 Å². The number of unbranched alkanes of at least 4 members (excludes halogenated alkanes) is 2. The number of methoxy groups -OCH3 is 1. The summed E-state index contributed by atoms with van der Waals surface area (Å²) in [6, 6.07) is -0.0783. The van der Waals surface area contributed by atoms with Crippen molar-refractivity contribution in [3.8, 4) is 0 Å². The Morgan fingerprint density at radius 1 is 1.33 bits per heavy atom. The monoisotopic (exact) mass is 259 g/mol. The quantitative estimate of drug-likeness (QED) is 0.533. The summed E-state index contributed by atoms with van der Waals surface area (Å²) >= 11 is 0. The van der Waals surface area contributed by atoms with Crippen molar-refractivity contribution in [3.63, 3.8) is 0 Å². The Morgan fingerprint density at radius 2 is 2.06 bits per heavy atom. The van der Waals surface area contributed by atoms with E-state index in [9.17, 15) is 4.79 Å². The van der Waals surface area contributed by atoms with Gasteiger partial charge in [0.05, 0.1) is 6.04 Å². The molecule has 108 valence electrons. The third-order valence-corrected chi connectivity index (χ3v) is 3.08. The van der Waals surface area contributed by atoms with Gasteiger partial charge in [-0.25, -0.2) is 0 Å². The average molecular weight is 259 g/mol. The summed E-state index contributed by atoms with van der Waals surface area (Å²) in [6.45, 7) is 4.99. The van der Waals surface area contributed by atoms with E-state index in [-0.39, 0.29) is 11.9 Å². The number of nitrogens with two attached hydrogens (primary N) is 1. The lowest BCUT2D eigenvalue weighted by Gasteiger charge is -2.23. The predicted octanol–water partition coefficient (Wildman–Crippen LogP) is 0.588. The second kappa shape index (κ2) is 11.4. The van der Waals surface area contributed by atoms with Crippen LogP contribution in [0, 0.1) is 0 Å². The molecule has 0 aromatic carbocycles. The smallest absolute Gasteiger partial charge is 0.237 e. The molecular weight excluding hydrogens is 230 g/mol. The number of nitrogens with zero attached hydrogens (tertiary/aromatic N) is 1. The molecule has 5 heteroatoms. The predicted molar refractivity (Wildman–Crippen MR) is 74.5 cm³/mol. The van der Waals surface area contributed by atoms with Gasteiger partial charge in [0.25, 0.3) is 0 Å². The fraction of sp³-hybridized carbons (Fsp3) is 0.923. The topological polar surface area (TPSA) is 67.6 Å². The summed E-state index contributed by atoms with van der Waals surface area (Å²) in [6.07, 6.45) is 4.14. The molecule has 0 aliphatic rings. The van der Waals surface area contributed by atoms with Crippen LogP contribution in [0.2, 0.25) is 0 Å². The minimum Gasteiger partial charge on any atom is -0.385 e. The van der Waals surface area contributed by atoms with E-state index < -0.39 is 0 Å². The maximum Gasteiger partial charge on any atom is 0.237 e. The van der Waals surface area contributed by atoms with Gasteiger partial charge in [0.2, 0.25) is 5.91 Å². The third-order valence-electron chi connectivity index (χ3n) is 3.08. The van der Waals surface area contributed by atoms with E-state index in [4.69, 9.17) is 10.5 Å². The fourth-order valence-electron chi connectivity index (χ4n) is 1.65. The largest absolute Gasteiger partial charge is 0.385 e. The molecule has 0 fully saturated rings. The van der Waals surface area contributed by atoms with E-state index >= 15 is 0 Å². The first-order valence-corrected chi connectivity index (χ1v) is 6.80. The van der Waals surface area contributed by atoms with Gasteiger partial charge in [-0.1, -0.05) is 6.42 Å². The average Bonchev–Trinajstić information content (AvgIpc) is 2.38. The van der Waals surface area contributed by atoms with Crippen molar-refractivity contribution >= 4 is 5.91 Å². The highest BCUT2D eigenvalue weighted by Gasteiger charge is 2.16. The van der Waals surface area contributed by atoms with Crippen molar-refractivity contribution in [2.24, 2.45) is 5.73 Å². The molecule has 18 heavy (non-hydrogen) atoms. The van der Waals surface area contributed by atoms with Gasteiger partial charge >= 0.3 is 0 Å². The Kier molecular flexibility index (Phi) is 11.0. The molecule has 5 nitrogen and oxygen atoms in total. The van der Waals surface area contributed by atoms with Crippen molar-refractivity contribution in [1.82, 2.24) is 10.2 Å². The van der Waals surface area contributed by atoms with Gasteiger partial charge < -0.3 is 15.8 Å². The Bertz CT molecular complexity index is 212. The second-order valence-electron chi connectivity index (χ2n) is 4.64. The van der Waals surface area contributed by atoms with Crippen LogP contribution in [-0.2, 0) is 9.53 Å². The van der Waals surface area contributed by atoms with Gasteiger partial charge in [0.15, 0.2) is 0 Å². The van der Waals surface area contributed by atoms with Crippen LogP contribution in [-0.4, -0.2) is 57.2 Å². The summed E-state index contributed by atoms with van der Waals surface area (Å²) < 4.78 is 4.94. The number of hydrogen-bond donors (Lipinski definition) is 2. The first-order valence-electron chi connectivity index (χ1n) is 6.80. The van der Waals surface area contributed by atoms with Crippen molar-refractivity contribution in [2.45, 2.75) is 38.6 Å². The molecule has 1 amide bonds. The van der Waals surface area contributed by atoms with Gasteiger partial charge in [-0.2, -0.15) is 0 Å². The Balaban J connectivity index is 3.68. The highest BCUT2D eigenvalue weighted by molar-refractivity contribution is 5.81. The maximum absolute atomic E-state index is 11.8. The number of carbonyl (C=O) groups excluding carboxylic acids is 1. The number of ether oxygens (including phenoxy) is 1. The summed E-state index contributed by atoms with van der Waals surface area (Å²) in [4.78, 5) is 13.9. The van der Waals surface area contributed by atoms with E-state index in [0.717, 1.165) is 38.8 Å². The Labute approximate surface area is 111 Å². The molecule has 0 saturated heterocycles. The number of carbonyl (C=O) groups is 1. The second-order valence-corrected chi connectivity index (χ2v) is 4.64. The van der Waals surface area contributed by atoms with Crippen LogP contribution < -0.4 is 11.1 Å². The number of amides is 1. The lowest BCUT2D eigenvalue weighted by molar-refractivity contribution is -0.125. The first kappa shape index (κ1) is 17.4. The molecule has 0 spiro atoms. The molecule has 1 atom stereocenters. The van der Waals surface area contributed by atoms with Crippen molar-refractivity contribution in [3.05, 3.63) is 0 Å². The molecule has 3 N–H and O–H groups in total. The zero-order valence-electron chi connectivity index (χ0n) is 12.1. The SMILES string of the molecule is COCCCNC(=O)C(C)N(C)CCCCCN. The highest BCUT2D eigenvalue weighted by Crippen LogP contribution is 2.01. The van der Waals surface area contributed by atoms with E-state index in [1.54, 1.807) is 7.11 Å². The van der Waals surface area contributed by atoms with Crippen LogP contribution in [0.1, 0.15) is 32.6 Å². The molecule has 0 radical (unpaired) electrons. The molecule has 1 unspecified atom stereocenters. The molecule has 0 saturated carbocycles. The molecule has 0 aliphatic heterocycles. The summed E-state index contributed by atoms with van der Waals surface area (Å²) in [5.41, 5.74) is 5.44. The lowest BCUT2D eigenvalue weighted by atomic mass is 10.2. The number of hydrogen-bond acceptors (Lipinski definition) is 4. The van der Waals surface area contributed by atoms with Gasteiger partial charge in [-0.05, 0) is 46.3 Å². The van der Waals surface area contributed by atoms with E-state index in [1.807, 2.05) is 14.0 Å². The zero-order chi connectivity index (χ0) is 13.8. The minimum atomic E-state index is -0.0783. The fourth-order valence-corrected chi connectivity index (χ4v) is 1.65.